The van der Waals surface area contributed by atoms with E-state index in [1.165, 1.54) is 0 Å². The Kier molecular flexibility index (Phi) is 6.53. The van der Waals surface area contributed by atoms with E-state index in [2.05, 4.69) is 9.47 Å². The van der Waals surface area contributed by atoms with Gasteiger partial charge in [-0.25, -0.2) is 4.79 Å². The Morgan fingerprint density at radius 1 is 0.933 bits per heavy atom. The molecule has 0 aliphatic carbocycles. The summed E-state index contributed by atoms with van der Waals surface area (Å²) in [7, 11) is 3.07. The van der Waals surface area contributed by atoms with Gasteiger partial charge in [0.15, 0.2) is 11.5 Å². The summed E-state index contributed by atoms with van der Waals surface area (Å²) in [6.07, 6.45) is -9.31. The molecule has 1 aromatic heterocycles. The Hall–Kier alpha value is -3.38. The maximum absolute atomic E-state index is 13.2. The fourth-order valence-electron chi connectivity index (χ4n) is 2.26. The Balaban J connectivity index is 2.59. The van der Waals surface area contributed by atoms with Crippen molar-refractivity contribution in [2.75, 3.05) is 21.3 Å². The number of benzene rings is 1. The number of carbonyl (C=O) groups is 1. The third kappa shape index (κ3) is 5.36. The minimum atomic E-state index is -4.98. The number of hydrogen-bond acceptors (Lipinski definition) is 6. The zero-order chi connectivity index (χ0) is 22.7. The number of esters is 1. The molecule has 7 nitrogen and oxygen atoms in total. The van der Waals surface area contributed by atoms with Crippen molar-refractivity contribution in [3.63, 3.8) is 0 Å². The molecule has 13 heteroatoms. The SMILES string of the molecule is COC(=O)c1c(Oc2ccc(OC(F)(F)F)cc2OC)cc(C(F)(F)F)c[n+]1OC. The van der Waals surface area contributed by atoms with Crippen LogP contribution in [-0.2, 0) is 10.9 Å². The number of ether oxygens (including phenoxy) is 4. The van der Waals surface area contributed by atoms with Gasteiger partial charge in [-0.3, -0.25) is 4.84 Å². The first-order chi connectivity index (χ1) is 13.9. The smallest absolute Gasteiger partial charge is 0.493 e. The van der Waals surface area contributed by atoms with Crippen LogP contribution in [0, 0.1) is 0 Å². The molecule has 0 saturated heterocycles. The van der Waals surface area contributed by atoms with Crippen LogP contribution in [0.3, 0.4) is 0 Å². The fourth-order valence-corrected chi connectivity index (χ4v) is 2.26. The van der Waals surface area contributed by atoms with Crippen LogP contribution in [0.25, 0.3) is 0 Å². The van der Waals surface area contributed by atoms with Crippen molar-refractivity contribution < 1.29 is 59.7 Å². The van der Waals surface area contributed by atoms with Gasteiger partial charge in [0.25, 0.3) is 0 Å². The number of alkyl halides is 6. The second kappa shape index (κ2) is 8.55. The lowest BCUT2D eigenvalue weighted by Crippen LogP contribution is -2.47. The summed E-state index contributed by atoms with van der Waals surface area (Å²) in [5.74, 6) is -3.03. The fraction of sp³-hybridized carbons (Fsp3) is 0.294. The van der Waals surface area contributed by atoms with Gasteiger partial charge in [-0.1, -0.05) is 0 Å². The quantitative estimate of drug-likeness (QED) is 0.388. The maximum atomic E-state index is 13.2. The molecule has 0 spiro atoms. The molecule has 0 amide bonds. The van der Waals surface area contributed by atoms with Crippen LogP contribution in [0.1, 0.15) is 16.1 Å². The molecule has 164 valence electrons. The average Bonchev–Trinajstić information content (AvgIpc) is 2.65. The summed E-state index contributed by atoms with van der Waals surface area (Å²) >= 11 is 0. The molecule has 2 aromatic rings. The number of pyridine rings is 1. The van der Waals surface area contributed by atoms with E-state index in [9.17, 15) is 31.1 Å². The Morgan fingerprint density at radius 2 is 1.60 bits per heavy atom. The van der Waals surface area contributed by atoms with Crippen LogP contribution >= 0.6 is 0 Å². The molecule has 1 heterocycles. The van der Waals surface area contributed by atoms with Crippen molar-refractivity contribution in [3.8, 4) is 23.0 Å². The summed E-state index contributed by atoms with van der Waals surface area (Å²) in [4.78, 5) is 16.8. The van der Waals surface area contributed by atoms with Crippen molar-refractivity contribution in [1.29, 1.82) is 0 Å². The van der Waals surface area contributed by atoms with Gasteiger partial charge in [-0.15, -0.1) is 13.2 Å². The Bertz CT molecular complexity index is 928. The highest BCUT2D eigenvalue weighted by molar-refractivity contribution is 5.88. The van der Waals surface area contributed by atoms with E-state index in [0.29, 0.717) is 17.0 Å². The molecular weight excluding hydrogens is 428 g/mol. The van der Waals surface area contributed by atoms with Crippen LogP contribution in [-0.4, -0.2) is 33.7 Å². The van der Waals surface area contributed by atoms with Crippen molar-refractivity contribution in [2.24, 2.45) is 0 Å². The number of nitrogens with zero attached hydrogens (tertiary/aromatic N) is 1. The minimum Gasteiger partial charge on any atom is -0.493 e. The van der Waals surface area contributed by atoms with Crippen LogP contribution in [0.5, 0.6) is 23.0 Å². The second-order valence-corrected chi connectivity index (χ2v) is 5.40. The zero-order valence-corrected chi connectivity index (χ0v) is 15.6. The lowest BCUT2D eigenvalue weighted by Gasteiger charge is -2.15. The largest absolute Gasteiger partial charge is 0.573 e. The average molecular weight is 442 g/mol. The number of methoxy groups -OCH3 is 2. The molecule has 0 N–H and O–H groups in total. The number of halogens is 6. The third-order valence-electron chi connectivity index (χ3n) is 3.49. The molecule has 0 bridgehead atoms. The number of carbonyl (C=O) groups excluding carboxylic acids is 1. The van der Waals surface area contributed by atoms with Gasteiger partial charge in [0, 0.05) is 16.9 Å². The molecule has 2 rings (SSSR count). The first-order valence-electron chi connectivity index (χ1n) is 7.81. The predicted octanol–water partition coefficient (Wildman–Crippen LogP) is 3.54. The van der Waals surface area contributed by atoms with Crippen molar-refractivity contribution in [2.45, 2.75) is 12.5 Å². The van der Waals surface area contributed by atoms with Crippen LogP contribution in [0.4, 0.5) is 26.3 Å². The summed E-state index contributed by atoms with van der Waals surface area (Å²) in [6.45, 7) is 0. The van der Waals surface area contributed by atoms with Gasteiger partial charge in [0.05, 0.1) is 14.2 Å². The molecule has 30 heavy (non-hydrogen) atoms. The molecule has 0 aliphatic rings. The Morgan fingerprint density at radius 3 is 2.10 bits per heavy atom. The normalized spacial score (nSPS) is 11.6. The molecule has 1 aromatic carbocycles. The van der Waals surface area contributed by atoms with Gasteiger partial charge >= 0.3 is 24.2 Å². The Labute approximate surface area is 165 Å². The van der Waals surface area contributed by atoms with Gasteiger partial charge < -0.3 is 18.9 Å². The topological polar surface area (TPSA) is 67.1 Å². The lowest BCUT2D eigenvalue weighted by molar-refractivity contribution is -0.887. The van der Waals surface area contributed by atoms with Crippen LogP contribution < -0.4 is 23.8 Å². The number of hydrogen-bond donors (Lipinski definition) is 0. The predicted molar refractivity (Wildman–Crippen MR) is 85.2 cm³/mol. The molecule has 0 fully saturated rings. The lowest BCUT2D eigenvalue weighted by atomic mass is 10.2. The molecular formula is C17H14F6NO6+. The summed E-state index contributed by atoms with van der Waals surface area (Å²) in [5.41, 5.74) is -1.78. The standard InChI is InChI=1S/C17H14F6NO6/c1-26-12-7-10(30-17(21,22)23)4-5-11(12)29-13-6-9(16(18,19)20)8-24(28-3)14(13)15(25)27-2/h4-8H,1-3H3/q+1. The first kappa shape index (κ1) is 22.9. The summed E-state index contributed by atoms with van der Waals surface area (Å²) < 4.78 is 95.8. The third-order valence-corrected chi connectivity index (χ3v) is 3.49. The van der Waals surface area contributed by atoms with Gasteiger partial charge in [0.2, 0.25) is 11.9 Å². The highest BCUT2D eigenvalue weighted by Crippen LogP contribution is 2.38. The molecule has 0 saturated carbocycles. The zero-order valence-electron chi connectivity index (χ0n) is 15.6. The van der Waals surface area contributed by atoms with Gasteiger partial charge in [-0.05, 0) is 12.1 Å². The van der Waals surface area contributed by atoms with Crippen LogP contribution in [0.2, 0.25) is 0 Å². The monoisotopic (exact) mass is 442 g/mol. The highest BCUT2D eigenvalue weighted by Gasteiger charge is 2.40. The molecule has 0 unspecified atom stereocenters. The van der Waals surface area contributed by atoms with E-state index in [-0.39, 0.29) is 11.5 Å². The molecule has 0 atom stereocenters. The van der Waals surface area contributed by atoms with E-state index in [4.69, 9.17) is 14.3 Å². The van der Waals surface area contributed by atoms with Crippen LogP contribution in [0.15, 0.2) is 30.5 Å². The van der Waals surface area contributed by atoms with Gasteiger partial charge in [0.1, 0.15) is 18.4 Å². The summed E-state index contributed by atoms with van der Waals surface area (Å²) in [5, 5.41) is 0. The maximum Gasteiger partial charge on any atom is 0.573 e. The van der Waals surface area contributed by atoms with E-state index in [0.717, 1.165) is 39.5 Å². The highest BCUT2D eigenvalue weighted by atomic mass is 19.4. The number of aromatic nitrogens is 1. The van der Waals surface area contributed by atoms with Crippen molar-refractivity contribution in [1.82, 2.24) is 0 Å². The molecule has 0 aliphatic heterocycles. The van der Waals surface area contributed by atoms with Gasteiger partial charge in [-0.2, -0.15) is 13.2 Å². The van der Waals surface area contributed by atoms with Crippen molar-refractivity contribution >= 4 is 5.97 Å². The molecule has 0 radical (unpaired) electrons. The minimum absolute atomic E-state index is 0.306. The van der Waals surface area contributed by atoms with E-state index < -0.39 is 41.3 Å². The summed E-state index contributed by atoms with van der Waals surface area (Å²) in [6, 6.07) is 3.11. The second-order valence-electron chi connectivity index (χ2n) is 5.40. The van der Waals surface area contributed by atoms with E-state index >= 15 is 0 Å². The van der Waals surface area contributed by atoms with E-state index in [1.54, 1.807) is 0 Å². The number of rotatable bonds is 6. The van der Waals surface area contributed by atoms with Crippen molar-refractivity contribution in [3.05, 3.63) is 41.7 Å². The first-order valence-corrected chi connectivity index (χ1v) is 7.81. The van der Waals surface area contributed by atoms with E-state index in [1.807, 2.05) is 0 Å².